The molecule has 4 rings (SSSR count). The van der Waals surface area contributed by atoms with Crippen LogP contribution in [0.25, 0.3) is 10.9 Å². The number of hydrogen-bond donors (Lipinski definition) is 2. The zero-order valence-corrected chi connectivity index (χ0v) is 18.3. The van der Waals surface area contributed by atoms with Gasteiger partial charge >= 0.3 is 6.03 Å². The van der Waals surface area contributed by atoms with E-state index in [0.717, 1.165) is 21.4 Å². The molecule has 1 atom stereocenters. The predicted molar refractivity (Wildman–Crippen MR) is 122 cm³/mol. The van der Waals surface area contributed by atoms with E-state index in [1.54, 1.807) is 44.7 Å². The highest BCUT2D eigenvalue weighted by Gasteiger charge is 2.37. The first-order chi connectivity index (χ1) is 16.0. The fourth-order valence-electron chi connectivity index (χ4n) is 3.63. The molecule has 2 aromatic carbocycles. The first-order valence-corrected chi connectivity index (χ1v) is 10.5. The van der Waals surface area contributed by atoms with Crippen LogP contribution >= 0.6 is 0 Å². The van der Waals surface area contributed by atoms with Crippen LogP contribution in [0.1, 0.15) is 18.4 Å². The Bertz CT molecular complexity index is 1200. The van der Waals surface area contributed by atoms with Crippen LogP contribution in [0, 0.1) is 0 Å². The monoisotopic (exact) mass is 448 g/mol. The molecular formula is C24H24N4O5. The largest absolute Gasteiger partial charge is 0.497 e. The lowest BCUT2D eigenvalue weighted by Gasteiger charge is -2.13. The number of nitrogens with zero attached hydrogens (tertiary/aromatic N) is 2. The van der Waals surface area contributed by atoms with E-state index in [-0.39, 0.29) is 31.2 Å². The molecule has 9 heteroatoms. The third kappa shape index (κ3) is 5.03. The summed E-state index contributed by atoms with van der Waals surface area (Å²) in [7, 11) is 3.16. The van der Waals surface area contributed by atoms with Crippen molar-refractivity contribution in [3.63, 3.8) is 0 Å². The molecule has 0 aliphatic carbocycles. The van der Waals surface area contributed by atoms with E-state index in [2.05, 4.69) is 15.6 Å². The van der Waals surface area contributed by atoms with E-state index in [4.69, 9.17) is 9.47 Å². The summed E-state index contributed by atoms with van der Waals surface area (Å²) in [5, 5.41) is 6.31. The molecule has 170 valence electrons. The maximum absolute atomic E-state index is 12.7. The minimum atomic E-state index is -0.733. The third-order valence-electron chi connectivity index (χ3n) is 5.44. The van der Waals surface area contributed by atoms with Gasteiger partial charge in [0.25, 0.3) is 5.91 Å². The number of imide groups is 1. The second kappa shape index (κ2) is 9.56. The summed E-state index contributed by atoms with van der Waals surface area (Å²) >= 11 is 0. The Morgan fingerprint density at radius 2 is 1.79 bits per heavy atom. The second-order valence-electron chi connectivity index (χ2n) is 7.64. The summed E-state index contributed by atoms with van der Waals surface area (Å²) in [5.41, 5.74) is 2.11. The Balaban J connectivity index is 1.32. The van der Waals surface area contributed by atoms with Crippen molar-refractivity contribution in [2.45, 2.75) is 25.4 Å². The van der Waals surface area contributed by atoms with Crippen LogP contribution < -0.4 is 20.1 Å². The number of methoxy groups -OCH3 is 2. The summed E-state index contributed by atoms with van der Waals surface area (Å²) in [6, 6.07) is 13.3. The van der Waals surface area contributed by atoms with Crippen molar-refractivity contribution in [1.29, 1.82) is 0 Å². The van der Waals surface area contributed by atoms with Crippen LogP contribution in [-0.2, 0) is 16.1 Å². The molecule has 0 bridgehead atoms. The highest BCUT2D eigenvalue weighted by molar-refractivity contribution is 6.04. The molecule has 1 fully saturated rings. The van der Waals surface area contributed by atoms with Gasteiger partial charge in [-0.3, -0.25) is 19.5 Å². The highest BCUT2D eigenvalue weighted by Crippen LogP contribution is 2.22. The fourth-order valence-corrected chi connectivity index (χ4v) is 3.63. The maximum atomic E-state index is 12.7. The SMILES string of the molecule is COc1ccc(CN2C(=O)N[C@@H](CCC(=O)Nc3cnc4cc(OC)ccc4c3)C2=O)cc1. The van der Waals surface area contributed by atoms with Crippen molar-refractivity contribution in [2.24, 2.45) is 0 Å². The first-order valence-electron chi connectivity index (χ1n) is 10.5. The molecule has 1 aromatic heterocycles. The van der Waals surface area contributed by atoms with Crippen molar-refractivity contribution < 1.29 is 23.9 Å². The molecule has 1 aliphatic heterocycles. The first kappa shape index (κ1) is 22.1. The number of rotatable bonds is 8. The molecule has 2 heterocycles. The topological polar surface area (TPSA) is 110 Å². The summed E-state index contributed by atoms with van der Waals surface area (Å²) < 4.78 is 10.3. The molecule has 4 amide bonds. The number of ether oxygens (including phenoxy) is 2. The zero-order valence-electron chi connectivity index (χ0n) is 18.3. The Morgan fingerprint density at radius 1 is 1.06 bits per heavy atom. The van der Waals surface area contributed by atoms with Crippen LogP contribution in [0.3, 0.4) is 0 Å². The molecule has 0 radical (unpaired) electrons. The van der Waals surface area contributed by atoms with Gasteiger partial charge in [-0.15, -0.1) is 0 Å². The molecular weight excluding hydrogens is 424 g/mol. The lowest BCUT2D eigenvalue weighted by atomic mass is 10.1. The van der Waals surface area contributed by atoms with E-state index in [9.17, 15) is 14.4 Å². The highest BCUT2D eigenvalue weighted by atomic mass is 16.5. The van der Waals surface area contributed by atoms with Gasteiger partial charge in [-0.25, -0.2) is 4.79 Å². The number of carbonyl (C=O) groups is 3. The van der Waals surface area contributed by atoms with Gasteiger partial charge in [0.1, 0.15) is 17.5 Å². The van der Waals surface area contributed by atoms with Crippen LogP contribution in [0.4, 0.5) is 10.5 Å². The molecule has 1 aliphatic rings. The average Bonchev–Trinajstić information content (AvgIpc) is 3.10. The third-order valence-corrected chi connectivity index (χ3v) is 5.44. The molecule has 2 N–H and O–H groups in total. The molecule has 0 saturated carbocycles. The molecule has 3 aromatic rings. The lowest BCUT2D eigenvalue weighted by molar-refractivity contribution is -0.128. The minimum Gasteiger partial charge on any atom is -0.497 e. The van der Waals surface area contributed by atoms with Gasteiger partial charge in [0.2, 0.25) is 5.91 Å². The number of aromatic nitrogens is 1. The van der Waals surface area contributed by atoms with Gasteiger partial charge < -0.3 is 20.1 Å². The number of anilines is 1. The Labute approximate surface area is 190 Å². The van der Waals surface area contributed by atoms with Gasteiger partial charge in [0.05, 0.1) is 38.2 Å². The zero-order chi connectivity index (χ0) is 23.4. The number of carbonyl (C=O) groups excluding carboxylic acids is 3. The average molecular weight is 448 g/mol. The minimum absolute atomic E-state index is 0.0771. The van der Waals surface area contributed by atoms with Gasteiger partial charge in [-0.05, 0) is 42.3 Å². The Morgan fingerprint density at radius 3 is 2.52 bits per heavy atom. The molecule has 33 heavy (non-hydrogen) atoms. The van der Waals surface area contributed by atoms with Crippen molar-refractivity contribution in [1.82, 2.24) is 15.2 Å². The van der Waals surface area contributed by atoms with Crippen LogP contribution in [0.2, 0.25) is 0 Å². The van der Waals surface area contributed by atoms with E-state index >= 15 is 0 Å². The van der Waals surface area contributed by atoms with Crippen molar-refractivity contribution in [3.05, 3.63) is 60.3 Å². The van der Waals surface area contributed by atoms with Gasteiger partial charge in [-0.1, -0.05) is 12.1 Å². The summed E-state index contributed by atoms with van der Waals surface area (Å²) in [6.07, 6.45) is 1.85. The second-order valence-corrected chi connectivity index (χ2v) is 7.64. The fraction of sp³-hybridized carbons (Fsp3) is 0.250. The predicted octanol–water partition coefficient (Wildman–Crippen LogP) is 3.09. The standard InChI is InChI=1S/C24H24N4O5/c1-32-18-6-3-15(4-7-18)14-28-23(30)20(27-24(28)31)9-10-22(29)26-17-11-16-5-8-19(33-2)12-21(16)25-13-17/h3-8,11-13,20H,9-10,14H2,1-2H3,(H,26,29)(H,27,31)/t20-/m0/s1. The summed E-state index contributed by atoms with van der Waals surface area (Å²) in [4.78, 5) is 42.9. The van der Waals surface area contributed by atoms with Gasteiger partial charge in [-0.2, -0.15) is 0 Å². The Hall–Kier alpha value is -4.14. The number of benzene rings is 2. The number of hydrogen-bond acceptors (Lipinski definition) is 6. The van der Waals surface area contributed by atoms with E-state index in [1.165, 1.54) is 0 Å². The normalized spacial score (nSPS) is 15.5. The number of amides is 4. The van der Waals surface area contributed by atoms with Crippen LogP contribution in [0.5, 0.6) is 11.5 Å². The number of urea groups is 1. The van der Waals surface area contributed by atoms with Gasteiger partial charge in [0.15, 0.2) is 0 Å². The Kier molecular flexibility index (Phi) is 6.39. The van der Waals surface area contributed by atoms with Gasteiger partial charge in [0, 0.05) is 17.9 Å². The smallest absolute Gasteiger partial charge is 0.325 e. The molecule has 0 unspecified atom stereocenters. The van der Waals surface area contributed by atoms with Crippen LogP contribution in [-0.4, -0.2) is 48.0 Å². The summed E-state index contributed by atoms with van der Waals surface area (Å²) in [5.74, 6) is 0.794. The molecule has 1 saturated heterocycles. The van der Waals surface area contributed by atoms with Crippen molar-refractivity contribution in [3.8, 4) is 11.5 Å². The van der Waals surface area contributed by atoms with Crippen molar-refractivity contribution >= 4 is 34.4 Å². The molecule has 9 nitrogen and oxygen atoms in total. The van der Waals surface area contributed by atoms with Crippen LogP contribution in [0.15, 0.2) is 54.7 Å². The number of nitrogens with one attached hydrogen (secondary N) is 2. The summed E-state index contributed by atoms with van der Waals surface area (Å²) in [6.45, 7) is 0.158. The molecule has 0 spiro atoms. The lowest BCUT2D eigenvalue weighted by Crippen LogP contribution is -2.31. The van der Waals surface area contributed by atoms with E-state index in [0.29, 0.717) is 17.2 Å². The quantitative estimate of drug-likeness (QED) is 0.513. The van der Waals surface area contributed by atoms with Crippen molar-refractivity contribution in [2.75, 3.05) is 19.5 Å². The number of fused-ring (bicyclic) bond motifs is 1. The van der Waals surface area contributed by atoms with E-state index in [1.807, 2.05) is 24.3 Å². The number of pyridine rings is 1. The van der Waals surface area contributed by atoms with E-state index < -0.39 is 12.1 Å². The maximum Gasteiger partial charge on any atom is 0.325 e.